The van der Waals surface area contributed by atoms with E-state index < -0.39 is 0 Å². The molecule has 3 aliphatic carbocycles. The van der Waals surface area contributed by atoms with Crippen molar-refractivity contribution in [3.8, 4) is 0 Å². The fourth-order valence-electron chi connectivity index (χ4n) is 8.03. The van der Waals surface area contributed by atoms with E-state index in [4.69, 9.17) is 9.98 Å². The summed E-state index contributed by atoms with van der Waals surface area (Å²) in [5.74, 6) is 3.38. The number of urea groups is 2. The summed E-state index contributed by atoms with van der Waals surface area (Å²) < 4.78 is 0. The largest absolute Gasteiger partial charge is 0.369 e. The van der Waals surface area contributed by atoms with Gasteiger partial charge in [-0.25, -0.2) is 9.59 Å². The lowest BCUT2D eigenvalue weighted by Gasteiger charge is -2.44. The molecule has 0 aromatic rings. The molecule has 0 bridgehead atoms. The Hall–Kier alpha value is -2.52. The van der Waals surface area contributed by atoms with Crippen LogP contribution in [0.15, 0.2) is 9.98 Å². The third-order valence-electron chi connectivity index (χ3n) is 10.3. The second kappa shape index (κ2) is 13.4. The van der Waals surface area contributed by atoms with Crippen LogP contribution in [0.1, 0.15) is 105 Å². The standard InChI is InChI=1S/C32H56N8O2/c1-19-17-33-28(35-19)21-8-6-10-23(14-21)37-30(41)39-25-12-13-27(26(16-25)32(3,4)5)40-31(42)38-24-11-7-9-22(15-24)29-34-18-20(2)36-29/h19-27H,6-18H2,1-5H3,(H,33,35)(H,34,36)(H2,37,39,41)(H2,38,40,42). The summed E-state index contributed by atoms with van der Waals surface area (Å²) in [4.78, 5) is 35.7. The maximum atomic E-state index is 13.2. The molecule has 2 heterocycles. The molecule has 0 aromatic carbocycles. The molecule has 5 aliphatic rings. The number of hydrogen-bond acceptors (Lipinski definition) is 6. The quantitative estimate of drug-likeness (QED) is 0.281. The first kappa shape index (κ1) is 30.9. The molecule has 0 spiro atoms. The predicted octanol–water partition coefficient (Wildman–Crippen LogP) is 4.07. The highest BCUT2D eigenvalue weighted by Gasteiger charge is 2.40. The van der Waals surface area contributed by atoms with Crippen LogP contribution in [0.3, 0.4) is 0 Å². The molecule has 236 valence electrons. The summed E-state index contributed by atoms with van der Waals surface area (Å²) in [6.45, 7) is 12.8. The lowest BCUT2D eigenvalue weighted by atomic mass is 9.68. The third-order valence-corrected chi connectivity index (χ3v) is 10.3. The average Bonchev–Trinajstić information content (AvgIpc) is 3.57. The van der Waals surface area contributed by atoms with E-state index in [9.17, 15) is 9.59 Å². The highest BCUT2D eigenvalue weighted by atomic mass is 16.2. The van der Waals surface area contributed by atoms with Crippen LogP contribution >= 0.6 is 0 Å². The minimum absolute atomic E-state index is 0.0103. The summed E-state index contributed by atoms with van der Waals surface area (Å²) in [5.41, 5.74) is 0.0103. The zero-order chi connectivity index (χ0) is 29.9. The second-order valence-electron chi connectivity index (χ2n) is 15.0. The van der Waals surface area contributed by atoms with Crippen molar-refractivity contribution in [1.82, 2.24) is 31.9 Å². The summed E-state index contributed by atoms with van der Waals surface area (Å²) in [7, 11) is 0. The van der Waals surface area contributed by atoms with E-state index >= 15 is 0 Å². The van der Waals surface area contributed by atoms with Crippen molar-refractivity contribution in [2.75, 3.05) is 13.1 Å². The molecular formula is C32H56N8O2. The molecule has 3 saturated carbocycles. The SMILES string of the molecule is CC1CN=C(C2CCCC(NC(=O)NC3CCC(NC(=O)NC4CCCC(C5=NCC(C)N5)C4)C(C(C)(C)C)C3)C2)N1. The van der Waals surface area contributed by atoms with Gasteiger partial charge in [-0.1, -0.05) is 33.6 Å². The van der Waals surface area contributed by atoms with Crippen molar-refractivity contribution < 1.29 is 9.59 Å². The minimum atomic E-state index is -0.0558. The maximum absolute atomic E-state index is 13.2. The van der Waals surface area contributed by atoms with Crippen molar-refractivity contribution >= 4 is 23.7 Å². The molecule has 0 radical (unpaired) electrons. The van der Waals surface area contributed by atoms with Crippen molar-refractivity contribution in [3.05, 3.63) is 0 Å². The first-order valence-corrected chi connectivity index (χ1v) is 16.8. The van der Waals surface area contributed by atoms with Gasteiger partial charge >= 0.3 is 12.1 Å². The number of amides is 4. The lowest BCUT2D eigenvalue weighted by Crippen LogP contribution is -2.56. The Balaban J connectivity index is 1.08. The monoisotopic (exact) mass is 584 g/mol. The molecule has 5 rings (SSSR count). The predicted molar refractivity (Wildman–Crippen MR) is 169 cm³/mol. The van der Waals surface area contributed by atoms with Gasteiger partial charge < -0.3 is 31.9 Å². The molecule has 42 heavy (non-hydrogen) atoms. The Labute approximate surface area is 252 Å². The van der Waals surface area contributed by atoms with Gasteiger partial charge in [0.15, 0.2) is 0 Å². The van der Waals surface area contributed by atoms with Gasteiger partial charge in [0.2, 0.25) is 0 Å². The van der Waals surface area contributed by atoms with Crippen molar-refractivity contribution in [2.45, 2.75) is 141 Å². The molecule has 10 nitrogen and oxygen atoms in total. The van der Waals surface area contributed by atoms with E-state index in [0.29, 0.717) is 23.9 Å². The van der Waals surface area contributed by atoms with Gasteiger partial charge in [0.25, 0.3) is 0 Å². The zero-order valence-corrected chi connectivity index (χ0v) is 26.6. The first-order chi connectivity index (χ1) is 20.0. The van der Waals surface area contributed by atoms with E-state index in [1.807, 2.05) is 0 Å². The average molecular weight is 585 g/mol. The van der Waals surface area contributed by atoms with Crippen LogP contribution in [-0.4, -0.2) is 73.1 Å². The summed E-state index contributed by atoms with van der Waals surface area (Å²) >= 11 is 0. The van der Waals surface area contributed by atoms with Crippen molar-refractivity contribution in [3.63, 3.8) is 0 Å². The topological polar surface area (TPSA) is 131 Å². The number of nitrogens with zero attached hydrogens (tertiary/aromatic N) is 2. The molecule has 9 unspecified atom stereocenters. The Morgan fingerprint density at radius 2 is 1.14 bits per heavy atom. The van der Waals surface area contributed by atoms with Gasteiger partial charge in [0, 0.05) is 48.1 Å². The van der Waals surface area contributed by atoms with Crippen molar-refractivity contribution in [2.24, 2.45) is 33.2 Å². The van der Waals surface area contributed by atoms with Crippen LogP contribution in [0.5, 0.6) is 0 Å². The van der Waals surface area contributed by atoms with Gasteiger partial charge in [0.1, 0.15) is 0 Å². The molecule has 9 atom stereocenters. The van der Waals surface area contributed by atoms with E-state index in [1.165, 1.54) is 0 Å². The molecule has 6 N–H and O–H groups in total. The van der Waals surface area contributed by atoms with Gasteiger partial charge in [-0.15, -0.1) is 0 Å². The highest BCUT2D eigenvalue weighted by molar-refractivity contribution is 5.87. The van der Waals surface area contributed by atoms with Gasteiger partial charge in [-0.3, -0.25) is 9.98 Å². The van der Waals surface area contributed by atoms with Crippen LogP contribution in [0, 0.1) is 23.2 Å². The molecule has 2 aliphatic heterocycles. The number of carbonyl (C=O) groups excluding carboxylic acids is 2. The number of aliphatic imine (C=N–C) groups is 2. The fourth-order valence-corrected chi connectivity index (χ4v) is 8.03. The Morgan fingerprint density at radius 1 is 0.667 bits per heavy atom. The fraction of sp³-hybridized carbons (Fsp3) is 0.875. The van der Waals surface area contributed by atoms with Gasteiger partial charge in [0.05, 0.1) is 24.8 Å². The summed E-state index contributed by atoms with van der Waals surface area (Å²) in [6, 6.07) is 1.29. The van der Waals surface area contributed by atoms with Gasteiger partial charge in [-0.2, -0.15) is 0 Å². The smallest absolute Gasteiger partial charge is 0.315 e. The van der Waals surface area contributed by atoms with Gasteiger partial charge in [-0.05, 0) is 83.0 Å². The Morgan fingerprint density at radius 3 is 1.60 bits per heavy atom. The maximum Gasteiger partial charge on any atom is 0.315 e. The van der Waals surface area contributed by atoms with E-state index in [-0.39, 0.29) is 47.6 Å². The van der Waals surface area contributed by atoms with Crippen LogP contribution in [0.4, 0.5) is 9.59 Å². The van der Waals surface area contributed by atoms with E-state index in [2.05, 4.69) is 66.5 Å². The number of hydrogen-bond donors (Lipinski definition) is 6. The normalized spacial score (nSPS) is 37.0. The zero-order valence-electron chi connectivity index (χ0n) is 26.6. The lowest BCUT2D eigenvalue weighted by molar-refractivity contribution is 0.114. The molecule has 10 heteroatoms. The molecular weight excluding hydrogens is 528 g/mol. The molecule has 0 saturated heterocycles. The molecule has 3 fully saturated rings. The van der Waals surface area contributed by atoms with Crippen LogP contribution < -0.4 is 31.9 Å². The van der Waals surface area contributed by atoms with Crippen LogP contribution in [-0.2, 0) is 0 Å². The van der Waals surface area contributed by atoms with E-state index in [0.717, 1.165) is 95.4 Å². The first-order valence-electron chi connectivity index (χ1n) is 16.8. The van der Waals surface area contributed by atoms with E-state index in [1.54, 1.807) is 0 Å². The number of rotatable bonds is 6. The Bertz CT molecular complexity index is 1020. The molecule has 0 aromatic heterocycles. The van der Waals surface area contributed by atoms with Crippen LogP contribution in [0.2, 0.25) is 0 Å². The highest BCUT2D eigenvalue weighted by Crippen LogP contribution is 2.38. The molecule has 4 amide bonds. The number of nitrogens with one attached hydrogen (secondary N) is 6. The number of amidine groups is 2. The summed E-state index contributed by atoms with van der Waals surface area (Å²) in [6.07, 6.45) is 11.0. The van der Waals surface area contributed by atoms with Crippen molar-refractivity contribution in [1.29, 1.82) is 0 Å². The number of carbonyl (C=O) groups is 2. The minimum Gasteiger partial charge on any atom is -0.369 e. The summed E-state index contributed by atoms with van der Waals surface area (Å²) in [5, 5.41) is 20.2. The third kappa shape index (κ3) is 8.10. The second-order valence-corrected chi connectivity index (χ2v) is 15.0. The Kier molecular flexibility index (Phi) is 9.88. The van der Waals surface area contributed by atoms with Crippen LogP contribution in [0.25, 0.3) is 0 Å².